The predicted octanol–water partition coefficient (Wildman–Crippen LogP) is 4.08. The lowest BCUT2D eigenvalue weighted by Gasteiger charge is -2.15. The van der Waals surface area contributed by atoms with Crippen LogP contribution in [0.3, 0.4) is 0 Å². The maximum absolute atomic E-state index is 12.6. The molecule has 0 unspecified atom stereocenters. The lowest BCUT2D eigenvalue weighted by Crippen LogP contribution is -2.32. The molecule has 1 aliphatic rings. The Balaban J connectivity index is 1.91. The maximum atomic E-state index is 12.6. The van der Waals surface area contributed by atoms with Crippen molar-refractivity contribution >= 4 is 46.4 Å². The molecule has 23 heavy (non-hydrogen) atoms. The van der Waals surface area contributed by atoms with Gasteiger partial charge >= 0.3 is 0 Å². The zero-order valence-corrected chi connectivity index (χ0v) is 13.7. The number of hydrogen-bond acceptors (Lipinski definition) is 3. The van der Waals surface area contributed by atoms with Crippen molar-refractivity contribution in [1.29, 1.82) is 0 Å². The largest absolute Gasteiger partial charge is 0.350 e. The molecule has 116 valence electrons. The first-order valence-electron chi connectivity index (χ1n) is 6.85. The first kappa shape index (κ1) is 15.6. The normalized spacial score (nSPS) is 14.7. The van der Waals surface area contributed by atoms with Gasteiger partial charge in [0.05, 0.1) is 5.69 Å². The molecule has 2 aromatic rings. The van der Waals surface area contributed by atoms with Crippen molar-refractivity contribution in [3.63, 3.8) is 0 Å². The number of nitrogens with one attached hydrogen (secondary N) is 1. The molecule has 0 spiro atoms. The van der Waals surface area contributed by atoms with E-state index in [1.807, 2.05) is 19.1 Å². The summed E-state index contributed by atoms with van der Waals surface area (Å²) in [5, 5.41) is 3.24. The standard InChI is InChI=1S/C17H12Cl2N2O2/c1-10-5-7-13(8-6-10)21-16(22)14(19)15(17(21)23)20-12-4-2-3-11(18)9-12/h2-9,20H,1H3. The van der Waals surface area contributed by atoms with Crippen LogP contribution in [0.2, 0.25) is 5.02 Å². The maximum Gasteiger partial charge on any atom is 0.283 e. The molecule has 2 aromatic carbocycles. The summed E-state index contributed by atoms with van der Waals surface area (Å²) in [6, 6.07) is 13.9. The van der Waals surface area contributed by atoms with E-state index in [1.54, 1.807) is 36.4 Å². The number of rotatable bonds is 3. The molecule has 0 saturated carbocycles. The van der Waals surface area contributed by atoms with Gasteiger partial charge in [-0.15, -0.1) is 0 Å². The van der Waals surface area contributed by atoms with Crippen LogP contribution < -0.4 is 10.2 Å². The highest BCUT2D eigenvalue weighted by molar-refractivity contribution is 6.53. The van der Waals surface area contributed by atoms with Gasteiger partial charge in [0, 0.05) is 10.7 Å². The molecule has 0 aromatic heterocycles. The van der Waals surface area contributed by atoms with E-state index >= 15 is 0 Å². The summed E-state index contributed by atoms with van der Waals surface area (Å²) >= 11 is 12.0. The molecule has 4 nitrogen and oxygen atoms in total. The molecule has 0 saturated heterocycles. The van der Waals surface area contributed by atoms with Crippen molar-refractivity contribution in [2.75, 3.05) is 10.2 Å². The Morgan fingerprint density at radius 2 is 1.65 bits per heavy atom. The number of amides is 2. The van der Waals surface area contributed by atoms with Crippen LogP contribution in [-0.2, 0) is 9.59 Å². The summed E-state index contributed by atoms with van der Waals surface area (Å²) in [4.78, 5) is 25.9. The zero-order valence-electron chi connectivity index (χ0n) is 12.1. The van der Waals surface area contributed by atoms with E-state index in [2.05, 4.69) is 5.32 Å². The van der Waals surface area contributed by atoms with Gasteiger partial charge in [-0.05, 0) is 37.3 Å². The van der Waals surface area contributed by atoms with E-state index in [4.69, 9.17) is 23.2 Å². The van der Waals surface area contributed by atoms with Crippen LogP contribution in [0.4, 0.5) is 11.4 Å². The first-order valence-corrected chi connectivity index (χ1v) is 7.61. The average molecular weight is 347 g/mol. The van der Waals surface area contributed by atoms with Crippen molar-refractivity contribution in [3.8, 4) is 0 Å². The second-order valence-electron chi connectivity index (χ2n) is 5.11. The van der Waals surface area contributed by atoms with Gasteiger partial charge in [-0.1, -0.05) is 47.0 Å². The number of anilines is 2. The predicted molar refractivity (Wildman–Crippen MR) is 91.6 cm³/mol. The van der Waals surface area contributed by atoms with Gasteiger partial charge in [-0.25, -0.2) is 4.90 Å². The highest BCUT2D eigenvalue weighted by atomic mass is 35.5. The second-order valence-corrected chi connectivity index (χ2v) is 5.92. The molecule has 2 amide bonds. The molecular formula is C17H12Cl2N2O2. The number of hydrogen-bond donors (Lipinski definition) is 1. The fraction of sp³-hybridized carbons (Fsp3) is 0.0588. The van der Waals surface area contributed by atoms with Gasteiger partial charge in [-0.2, -0.15) is 0 Å². The van der Waals surface area contributed by atoms with E-state index in [0.717, 1.165) is 10.5 Å². The number of imide groups is 1. The number of carbonyl (C=O) groups is 2. The lowest BCUT2D eigenvalue weighted by molar-refractivity contribution is -0.120. The number of aryl methyl sites for hydroxylation is 1. The molecular weight excluding hydrogens is 335 g/mol. The van der Waals surface area contributed by atoms with Crippen LogP contribution in [0.1, 0.15) is 5.56 Å². The second kappa shape index (κ2) is 6.07. The first-order chi connectivity index (χ1) is 11.0. The zero-order chi connectivity index (χ0) is 16.6. The molecule has 1 heterocycles. The van der Waals surface area contributed by atoms with E-state index < -0.39 is 11.8 Å². The molecule has 0 fully saturated rings. The Labute approximate surface area is 143 Å². The molecule has 3 rings (SSSR count). The van der Waals surface area contributed by atoms with Crippen molar-refractivity contribution in [3.05, 3.63) is 69.8 Å². The summed E-state index contributed by atoms with van der Waals surface area (Å²) in [6.07, 6.45) is 0. The fourth-order valence-electron chi connectivity index (χ4n) is 2.25. The monoisotopic (exact) mass is 346 g/mol. The van der Waals surface area contributed by atoms with Crippen LogP contribution >= 0.6 is 23.2 Å². The summed E-state index contributed by atoms with van der Waals surface area (Å²) < 4.78 is 0. The summed E-state index contributed by atoms with van der Waals surface area (Å²) in [5.74, 6) is -1.05. The van der Waals surface area contributed by atoms with E-state index in [0.29, 0.717) is 16.4 Å². The smallest absolute Gasteiger partial charge is 0.283 e. The van der Waals surface area contributed by atoms with Gasteiger partial charge in [-0.3, -0.25) is 9.59 Å². The van der Waals surface area contributed by atoms with Crippen LogP contribution in [0.15, 0.2) is 59.3 Å². The SMILES string of the molecule is Cc1ccc(N2C(=O)C(Cl)=C(Nc3cccc(Cl)c3)C2=O)cc1. The Morgan fingerprint density at radius 1 is 0.957 bits per heavy atom. The molecule has 0 bridgehead atoms. The summed E-state index contributed by atoms with van der Waals surface area (Å²) in [7, 11) is 0. The lowest BCUT2D eigenvalue weighted by atomic mass is 10.2. The topological polar surface area (TPSA) is 49.4 Å². The third kappa shape index (κ3) is 2.96. The number of benzene rings is 2. The summed E-state index contributed by atoms with van der Waals surface area (Å²) in [6.45, 7) is 1.93. The van der Waals surface area contributed by atoms with Crippen molar-refractivity contribution in [2.45, 2.75) is 6.92 Å². The van der Waals surface area contributed by atoms with E-state index in [-0.39, 0.29) is 10.7 Å². The number of nitrogens with zero attached hydrogens (tertiary/aromatic N) is 1. The van der Waals surface area contributed by atoms with Gasteiger partial charge in [0.15, 0.2) is 0 Å². The van der Waals surface area contributed by atoms with Gasteiger partial charge in [0.25, 0.3) is 11.8 Å². The molecule has 0 atom stereocenters. The molecule has 6 heteroatoms. The van der Waals surface area contributed by atoms with Gasteiger partial charge in [0.2, 0.25) is 0 Å². The number of halogens is 2. The minimum atomic E-state index is -0.551. The minimum absolute atomic E-state index is 0.0412. The molecule has 1 aliphatic heterocycles. The quantitative estimate of drug-likeness (QED) is 0.851. The highest BCUT2D eigenvalue weighted by Gasteiger charge is 2.38. The Morgan fingerprint density at radius 3 is 2.30 bits per heavy atom. The third-order valence-corrected chi connectivity index (χ3v) is 4.00. The van der Waals surface area contributed by atoms with Crippen molar-refractivity contribution in [2.24, 2.45) is 0 Å². The van der Waals surface area contributed by atoms with E-state index in [1.165, 1.54) is 0 Å². The molecule has 1 N–H and O–H groups in total. The Kier molecular flexibility index (Phi) is 4.11. The van der Waals surface area contributed by atoms with E-state index in [9.17, 15) is 9.59 Å². The molecule has 0 aliphatic carbocycles. The Bertz CT molecular complexity index is 829. The highest BCUT2D eigenvalue weighted by Crippen LogP contribution is 2.30. The van der Waals surface area contributed by atoms with Crippen molar-refractivity contribution < 1.29 is 9.59 Å². The van der Waals surface area contributed by atoms with Crippen LogP contribution in [0, 0.1) is 6.92 Å². The van der Waals surface area contributed by atoms with Gasteiger partial charge in [0.1, 0.15) is 10.7 Å². The summed E-state index contributed by atoms with van der Waals surface area (Å²) in [5.41, 5.74) is 2.13. The van der Waals surface area contributed by atoms with Crippen LogP contribution in [0.5, 0.6) is 0 Å². The van der Waals surface area contributed by atoms with Crippen molar-refractivity contribution in [1.82, 2.24) is 0 Å². The number of carbonyl (C=O) groups excluding carboxylic acids is 2. The fourth-order valence-corrected chi connectivity index (χ4v) is 2.65. The Hall–Kier alpha value is -2.30. The van der Waals surface area contributed by atoms with Crippen LogP contribution in [0.25, 0.3) is 0 Å². The van der Waals surface area contributed by atoms with Gasteiger partial charge < -0.3 is 5.32 Å². The average Bonchev–Trinajstić information content (AvgIpc) is 2.73. The molecule has 0 radical (unpaired) electrons. The minimum Gasteiger partial charge on any atom is -0.350 e. The van der Waals surface area contributed by atoms with Crippen LogP contribution in [-0.4, -0.2) is 11.8 Å². The third-order valence-electron chi connectivity index (χ3n) is 3.41.